The fraction of sp³-hybridized carbons (Fsp3) is 1.00. The highest BCUT2D eigenvalue weighted by Gasteiger charge is 2.66. The van der Waals surface area contributed by atoms with Gasteiger partial charge in [0.2, 0.25) is 0 Å². The van der Waals surface area contributed by atoms with E-state index in [2.05, 4.69) is 0 Å². The molecular weight excluding hydrogens is 217 g/mol. The molecule has 0 N–H and O–H groups in total. The van der Waals surface area contributed by atoms with Gasteiger partial charge in [-0.15, -0.1) is 0 Å². The lowest BCUT2D eigenvalue weighted by Crippen LogP contribution is -2.52. The Bertz CT molecular complexity index is 177. The normalized spacial score (nSPS) is 16.1. The number of halogens is 7. The Morgan fingerprint density at radius 3 is 1.64 bits per heavy atom. The molecule has 0 aromatic heterocycles. The number of rotatable bonds is 5. The van der Waals surface area contributed by atoms with Gasteiger partial charge < -0.3 is 0 Å². The van der Waals surface area contributed by atoms with Gasteiger partial charge in [-0.25, -0.2) is 13.2 Å². The van der Waals surface area contributed by atoms with E-state index in [1.807, 2.05) is 0 Å². The Morgan fingerprint density at radius 1 is 0.929 bits per heavy atom. The number of alkyl halides is 7. The fourth-order valence-corrected chi connectivity index (χ4v) is 0.789. The van der Waals surface area contributed by atoms with Gasteiger partial charge in [0.25, 0.3) is 0 Å². The number of hydrogen-bond acceptors (Lipinski definition) is 0. The molecule has 0 spiro atoms. The molecule has 0 aliphatic rings. The molecule has 0 nitrogen and oxygen atoms in total. The van der Waals surface area contributed by atoms with Crippen LogP contribution in [0.2, 0.25) is 0 Å². The Hall–Kier alpha value is -0.490. The van der Waals surface area contributed by atoms with E-state index in [9.17, 15) is 30.7 Å². The molecule has 0 rings (SSSR count). The maximum Gasteiger partial charge on any atom is 0.372 e. The summed E-state index contributed by atoms with van der Waals surface area (Å²) in [5.41, 5.74) is 0. The standard InChI is InChI=1S/C7H9F7/c1-2-3-4(8)6(11,12)7(13,14)5(9)10/h4-5H,2-3H2,1H3. The van der Waals surface area contributed by atoms with Gasteiger partial charge in [-0.3, -0.25) is 0 Å². The topological polar surface area (TPSA) is 0 Å². The van der Waals surface area contributed by atoms with Crippen LogP contribution in [0.25, 0.3) is 0 Å². The van der Waals surface area contributed by atoms with Crippen LogP contribution in [0, 0.1) is 0 Å². The molecule has 14 heavy (non-hydrogen) atoms. The molecule has 0 aromatic rings. The van der Waals surface area contributed by atoms with Crippen molar-refractivity contribution in [2.45, 2.75) is 44.2 Å². The zero-order valence-electron chi connectivity index (χ0n) is 7.21. The summed E-state index contributed by atoms with van der Waals surface area (Å²) >= 11 is 0. The van der Waals surface area contributed by atoms with E-state index in [0.717, 1.165) is 0 Å². The van der Waals surface area contributed by atoms with Crippen molar-refractivity contribution in [3.63, 3.8) is 0 Å². The van der Waals surface area contributed by atoms with Crippen molar-refractivity contribution in [1.82, 2.24) is 0 Å². The molecule has 0 saturated heterocycles. The molecule has 0 aliphatic carbocycles. The zero-order valence-corrected chi connectivity index (χ0v) is 7.21. The second-order valence-corrected chi connectivity index (χ2v) is 2.80. The zero-order chi connectivity index (χ0) is 11.6. The van der Waals surface area contributed by atoms with Crippen LogP contribution in [0.5, 0.6) is 0 Å². The minimum Gasteiger partial charge on any atom is -0.241 e. The molecule has 0 amide bonds. The maximum atomic E-state index is 12.5. The molecular formula is C7H9F7. The van der Waals surface area contributed by atoms with Crippen molar-refractivity contribution in [2.75, 3.05) is 0 Å². The average molecular weight is 226 g/mol. The summed E-state index contributed by atoms with van der Waals surface area (Å²) in [6.45, 7) is 1.28. The van der Waals surface area contributed by atoms with Crippen molar-refractivity contribution in [2.24, 2.45) is 0 Å². The monoisotopic (exact) mass is 226 g/mol. The van der Waals surface area contributed by atoms with E-state index >= 15 is 0 Å². The summed E-state index contributed by atoms with van der Waals surface area (Å²) in [7, 11) is 0. The second-order valence-electron chi connectivity index (χ2n) is 2.80. The van der Waals surface area contributed by atoms with Crippen molar-refractivity contribution < 1.29 is 30.7 Å². The first-order valence-corrected chi connectivity index (χ1v) is 3.85. The third-order valence-corrected chi connectivity index (χ3v) is 1.65. The Balaban J connectivity index is 4.74. The minimum atomic E-state index is -5.62. The van der Waals surface area contributed by atoms with Gasteiger partial charge in [0.05, 0.1) is 0 Å². The van der Waals surface area contributed by atoms with Crippen LogP contribution in [0.4, 0.5) is 30.7 Å². The molecule has 0 aliphatic heterocycles. The Morgan fingerprint density at radius 2 is 1.36 bits per heavy atom. The predicted octanol–water partition coefficient (Wildman–Crippen LogP) is 3.66. The van der Waals surface area contributed by atoms with Gasteiger partial charge in [-0.1, -0.05) is 13.3 Å². The molecule has 0 aromatic carbocycles. The molecule has 0 saturated carbocycles. The quantitative estimate of drug-likeness (QED) is 0.627. The molecule has 1 atom stereocenters. The van der Waals surface area contributed by atoms with Crippen LogP contribution in [0.1, 0.15) is 19.8 Å². The Kier molecular flexibility index (Phi) is 4.20. The number of hydrogen-bond donors (Lipinski definition) is 0. The lowest BCUT2D eigenvalue weighted by molar-refractivity contribution is -0.285. The van der Waals surface area contributed by atoms with E-state index in [0.29, 0.717) is 0 Å². The van der Waals surface area contributed by atoms with Crippen LogP contribution in [0.15, 0.2) is 0 Å². The molecule has 0 heterocycles. The summed E-state index contributed by atoms with van der Waals surface area (Å²) in [4.78, 5) is 0. The van der Waals surface area contributed by atoms with Gasteiger partial charge in [0.1, 0.15) is 0 Å². The van der Waals surface area contributed by atoms with E-state index < -0.39 is 30.9 Å². The van der Waals surface area contributed by atoms with E-state index in [1.54, 1.807) is 0 Å². The predicted molar refractivity (Wildman–Crippen MR) is 35.7 cm³/mol. The molecule has 0 fully saturated rings. The summed E-state index contributed by atoms with van der Waals surface area (Å²) in [5.74, 6) is -10.9. The van der Waals surface area contributed by atoms with Crippen LogP contribution >= 0.6 is 0 Å². The Labute approximate surface area is 76.1 Å². The lowest BCUT2D eigenvalue weighted by Gasteiger charge is -2.28. The largest absolute Gasteiger partial charge is 0.372 e. The van der Waals surface area contributed by atoms with Crippen molar-refractivity contribution in [3.8, 4) is 0 Å². The van der Waals surface area contributed by atoms with E-state index in [4.69, 9.17) is 0 Å². The van der Waals surface area contributed by atoms with Crippen molar-refractivity contribution >= 4 is 0 Å². The van der Waals surface area contributed by atoms with Gasteiger partial charge in [-0.05, 0) is 6.42 Å². The summed E-state index contributed by atoms with van der Waals surface area (Å²) < 4.78 is 84.7. The first-order valence-electron chi connectivity index (χ1n) is 3.85. The average Bonchev–Trinajstić information content (AvgIpc) is 2.04. The highest BCUT2D eigenvalue weighted by molar-refractivity contribution is 4.92. The van der Waals surface area contributed by atoms with Gasteiger partial charge in [0.15, 0.2) is 6.17 Å². The van der Waals surface area contributed by atoms with Crippen molar-refractivity contribution in [1.29, 1.82) is 0 Å². The van der Waals surface area contributed by atoms with Crippen LogP contribution in [-0.2, 0) is 0 Å². The smallest absolute Gasteiger partial charge is 0.241 e. The summed E-state index contributed by atoms with van der Waals surface area (Å²) in [6, 6.07) is 0. The molecule has 7 heteroatoms. The van der Waals surface area contributed by atoms with E-state index in [-0.39, 0.29) is 6.42 Å². The molecule has 1 unspecified atom stereocenters. The third-order valence-electron chi connectivity index (χ3n) is 1.65. The molecule has 86 valence electrons. The van der Waals surface area contributed by atoms with Gasteiger partial charge in [0, 0.05) is 0 Å². The summed E-state index contributed by atoms with van der Waals surface area (Å²) in [5, 5.41) is 0. The second kappa shape index (κ2) is 4.35. The van der Waals surface area contributed by atoms with E-state index in [1.165, 1.54) is 6.92 Å². The van der Waals surface area contributed by atoms with Crippen LogP contribution < -0.4 is 0 Å². The first kappa shape index (κ1) is 13.5. The van der Waals surface area contributed by atoms with Crippen molar-refractivity contribution in [3.05, 3.63) is 0 Å². The SMILES string of the molecule is CCCC(F)C(F)(F)C(F)(F)C(F)F. The molecule has 0 bridgehead atoms. The van der Waals surface area contributed by atoms with Crippen LogP contribution in [-0.4, -0.2) is 24.4 Å². The first-order chi connectivity index (χ1) is 6.17. The molecule has 0 radical (unpaired) electrons. The van der Waals surface area contributed by atoms with Gasteiger partial charge in [-0.2, -0.15) is 17.6 Å². The third kappa shape index (κ3) is 2.30. The highest BCUT2D eigenvalue weighted by Crippen LogP contribution is 2.43. The maximum absolute atomic E-state index is 12.5. The van der Waals surface area contributed by atoms with Crippen LogP contribution in [0.3, 0.4) is 0 Å². The lowest BCUT2D eigenvalue weighted by atomic mass is 10.0. The minimum absolute atomic E-state index is 0.129. The van der Waals surface area contributed by atoms with Gasteiger partial charge >= 0.3 is 18.3 Å². The fourth-order valence-electron chi connectivity index (χ4n) is 0.789. The highest BCUT2D eigenvalue weighted by atomic mass is 19.3. The summed E-state index contributed by atoms with van der Waals surface area (Å²) in [6.07, 6.45) is -8.84.